The molecule has 0 aliphatic heterocycles. The Labute approximate surface area is 160 Å². The molecule has 0 spiro atoms. The number of aryl methyl sites for hydroxylation is 1. The van der Waals surface area contributed by atoms with Crippen LogP contribution in [0.25, 0.3) is 10.2 Å². The first-order chi connectivity index (χ1) is 13.0. The Morgan fingerprint density at radius 1 is 1.33 bits per heavy atom. The first-order valence-electron chi connectivity index (χ1n) is 9.44. The van der Waals surface area contributed by atoms with Gasteiger partial charge in [0, 0.05) is 6.04 Å². The van der Waals surface area contributed by atoms with Gasteiger partial charge in [0.25, 0.3) is 5.56 Å². The van der Waals surface area contributed by atoms with Crippen molar-refractivity contribution in [1.29, 1.82) is 0 Å². The van der Waals surface area contributed by atoms with E-state index in [-0.39, 0.29) is 30.7 Å². The molecule has 0 aromatic carbocycles. The lowest BCUT2D eigenvalue weighted by Gasteiger charge is -2.18. The normalized spacial score (nSPS) is 16.7. The zero-order chi connectivity index (χ0) is 19.1. The maximum absolute atomic E-state index is 12.9. The smallest absolute Gasteiger partial charge is 0.348 e. The highest BCUT2D eigenvalue weighted by atomic mass is 32.1. The van der Waals surface area contributed by atoms with Crippen LogP contribution in [0.3, 0.4) is 0 Å². The number of hydrogen-bond donors (Lipinski definition) is 1. The SMILES string of the molecule is CCOC(=O)c1sc2ncn(CC(=O)NC(C3CC3)C3CC3)c(=O)c2c1C. The molecule has 27 heavy (non-hydrogen) atoms. The first-order valence-corrected chi connectivity index (χ1v) is 10.3. The Hall–Kier alpha value is -2.22. The van der Waals surface area contributed by atoms with E-state index in [0.29, 0.717) is 32.5 Å². The summed E-state index contributed by atoms with van der Waals surface area (Å²) in [5, 5.41) is 3.51. The summed E-state index contributed by atoms with van der Waals surface area (Å²) in [4.78, 5) is 42.6. The molecule has 7 nitrogen and oxygen atoms in total. The number of aromatic nitrogens is 2. The summed E-state index contributed by atoms with van der Waals surface area (Å²) in [6.07, 6.45) is 6.11. The summed E-state index contributed by atoms with van der Waals surface area (Å²) in [7, 11) is 0. The predicted molar refractivity (Wildman–Crippen MR) is 102 cm³/mol. The molecule has 2 aromatic heterocycles. The minimum Gasteiger partial charge on any atom is -0.462 e. The van der Waals surface area contributed by atoms with E-state index < -0.39 is 5.97 Å². The van der Waals surface area contributed by atoms with Crippen LogP contribution in [0, 0.1) is 18.8 Å². The molecule has 144 valence electrons. The number of nitrogens with zero attached hydrogens (tertiary/aromatic N) is 2. The van der Waals surface area contributed by atoms with Crippen molar-refractivity contribution in [3.63, 3.8) is 0 Å². The van der Waals surface area contributed by atoms with Crippen LogP contribution in [0.1, 0.15) is 47.8 Å². The van der Waals surface area contributed by atoms with Crippen LogP contribution in [-0.4, -0.2) is 34.1 Å². The molecule has 2 aliphatic rings. The lowest BCUT2D eigenvalue weighted by molar-refractivity contribution is -0.122. The first kappa shape index (κ1) is 18.2. The number of nitrogens with one attached hydrogen (secondary N) is 1. The Bertz CT molecular complexity index is 944. The Morgan fingerprint density at radius 2 is 2.00 bits per heavy atom. The lowest BCUT2D eigenvalue weighted by atomic mass is 10.1. The van der Waals surface area contributed by atoms with Gasteiger partial charge in [0.2, 0.25) is 5.91 Å². The Balaban J connectivity index is 1.56. The third-order valence-corrected chi connectivity index (χ3v) is 6.46. The molecule has 0 saturated heterocycles. The van der Waals surface area contributed by atoms with Crippen molar-refractivity contribution in [1.82, 2.24) is 14.9 Å². The van der Waals surface area contributed by atoms with Gasteiger partial charge >= 0.3 is 5.97 Å². The van der Waals surface area contributed by atoms with Crippen molar-refractivity contribution in [3.8, 4) is 0 Å². The maximum atomic E-state index is 12.9. The van der Waals surface area contributed by atoms with Gasteiger partial charge in [-0.2, -0.15) is 0 Å². The van der Waals surface area contributed by atoms with Gasteiger partial charge in [-0.25, -0.2) is 9.78 Å². The zero-order valence-electron chi connectivity index (χ0n) is 15.5. The molecular formula is C19H23N3O4S. The van der Waals surface area contributed by atoms with E-state index in [2.05, 4.69) is 10.3 Å². The van der Waals surface area contributed by atoms with Crippen molar-refractivity contribution in [2.24, 2.45) is 11.8 Å². The number of ether oxygens (including phenoxy) is 1. The lowest BCUT2D eigenvalue weighted by Crippen LogP contribution is -2.41. The quantitative estimate of drug-likeness (QED) is 0.734. The van der Waals surface area contributed by atoms with Gasteiger partial charge in [-0.3, -0.25) is 14.2 Å². The molecule has 8 heteroatoms. The molecule has 2 fully saturated rings. The topological polar surface area (TPSA) is 90.3 Å². The molecule has 0 radical (unpaired) electrons. The van der Waals surface area contributed by atoms with Crippen molar-refractivity contribution in [3.05, 3.63) is 27.1 Å². The predicted octanol–water partition coefficient (Wildman–Crippen LogP) is 2.25. The summed E-state index contributed by atoms with van der Waals surface area (Å²) in [5.41, 5.74) is 0.267. The van der Waals surface area contributed by atoms with Crippen LogP contribution in [0.4, 0.5) is 0 Å². The van der Waals surface area contributed by atoms with E-state index in [0.717, 1.165) is 11.3 Å². The fraction of sp³-hybridized carbons (Fsp3) is 0.579. The fourth-order valence-electron chi connectivity index (χ4n) is 3.58. The summed E-state index contributed by atoms with van der Waals surface area (Å²) < 4.78 is 6.37. The standard InChI is InChI=1S/C19H23N3O4S/c1-3-26-19(25)16-10(2)14-17(27-16)20-9-22(18(14)24)8-13(23)21-15(11-4-5-11)12-6-7-12/h9,11-12,15H,3-8H2,1-2H3,(H,21,23). The van der Waals surface area contributed by atoms with Crippen molar-refractivity contribution in [2.45, 2.75) is 52.1 Å². The second-order valence-electron chi connectivity index (χ2n) is 7.40. The van der Waals surface area contributed by atoms with E-state index in [4.69, 9.17) is 4.74 Å². The molecular weight excluding hydrogens is 366 g/mol. The van der Waals surface area contributed by atoms with E-state index >= 15 is 0 Å². The third kappa shape index (κ3) is 3.63. The minimum atomic E-state index is -0.446. The van der Waals surface area contributed by atoms with Crippen LogP contribution in [-0.2, 0) is 16.1 Å². The van der Waals surface area contributed by atoms with Crippen LogP contribution in [0.2, 0.25) is 0 Å². The molecule has 2 aliphatic carbocycles. The zero-order valence-corrected chi connectivity index (χ0v) is 16.3. The largest absolute Gasteiger partial charge is 0.462 e. The van der Waals surface area contributed by atoms with Gasteiger partial charge in [0.05, 0.1) is 18.3 Å². The number of rotatable bonds is 7. The van der Waals surface area contributed by atoms with Gasteiger partial charge in [0.1, 0.15) is 16.3 Å². The molecule has 4 rings (SSSR count). The summed E-state index contributed by atoms with van der Waals surface area (Å²) in [6, 6.07) is 0.253. The molecule has 0 bridgehead atoms. The fourth-order valence-corrected chi connectivity index (χ4v) is 4.61. The van der Waals surface area contributed by atoms with Crippen LogP contribution in [0.5, 0.6) is 0 Å². The number of hydrogen-bond acceptors (Lipinski definition) is 6. The Morgan fingerprint density at radius 3 is 2.59 bits per heavy atom. The van der Waals surface area contributed by atoms with Crippen molar-refractivity contribution >= 4 is 33.4 Å². The van der Waals surface area contributed by atoms with Crippen LogP contribution < -0.4 is 10.9 Å². The van der Waals surface area contributed by atoms with Crippen molar-refractivity contribution in [2.75, 3.05) is 6.61 Å². The summed E-state index contributed by atoms with van der Waals surface area (Å²) in [6.45, 7) is 3.67. The van der Waals surface area contributed by atoms with E-state index in [1.54, 1.807) is 13.8 Å². The van der Waals surface area contributed by atoms with Gasteiger partial charge < -0.3 is 10.1 Å². The monoisotopic (exact) mass is 389 g/mol. The Kier molecular flexibility index (Phi) is 4.75. The number of carbonyl (C=O) groups is 2. The number of esters is 1. The molecule has 2 saturated carbocycles. The molecule has 2 heterocycles. The third-order valence-electron chi connectivity index (χ3n) is 5.28. The van der Waals surface area contributed by atoms with E-state index in [1.807, 2.05) is 0 Å². The maximum Gasteiger partial charge on any atom is 0.348 e. The highest BCUT2D eigenvalue weighted by Gasteiger charge is 2.42. The van der Waals surface area contributed by atoms with Gasteiger partial charge in [-0.05, 0) is 56.9 Å². The van der Waals surface area contributed by atoms with Gasteiger partial charge in [-0.1, -0.05) is 0 Å². The van der Waals surface area contributed by atoms with Gasteiger partial charge in [-0.15, -0.1) is 11.3 Å². The summed E-state index contributed by atoms with van der Waals surface area (Å²) >= 11 is 1.15. The molecule has 1 N–H and O–H groups in total. The highest BCUT2D eigenvalue weighted by Crippen LogP contribution is 2.44. The molecule has 2 aromatic rings. The molecule has 0 unspecified atom stereocenters. The highest BCUT2D eigenvalue weighted by molar-refractivity contribution is 7.20. The summed E-state index contributed by atoms with van der Waals surface area (Å²) in [5.74, 6) is 0.606. The van der Waals surface area contributed by atoms with Gasteiger partial charge in [0.15, 0.2) is 0 Å². The second kappa shape index (κ2) is 7.07. The molecule has 1 amide bonds. The van der Waals surface area contributed by atoms with Crippen molar-refractivity contribution < 1.29 is 14.3 Å². The minimum absolute atomic E-state index is 0.0538. The average molecular weight is 389 g/mol. The van der Waals surface area contributed by atoms with E-state index in [1.165, 1.54) is 36.6 Å². The molecule has 0 atom stereocenters. The second-order valence-corrected chi connectivity index (χ2v) is 8.40. The number of thiophene rings is 1. The van der Waals surface area contributed by atoms with E-state index in [9.17, 15) is 14.4 Å². The number of fused-ring (bicyclic) bond motifs is 1. The van der Waals surface area contributed by atoms with Crippen LogP contribution >= 0.6 is 11.3 Å². The number of carbonyl (C=O) groups excluding carboxylic acids is 2. The van der Waals surface area contributed by atoms with Crippen LogP contribution in [0.15, 0.2) is 11.1 Å². The number of amides is 1. The average Bonchev–Trinajstić information content (AvgIpc) is 3.53.